The number of alkyl halides is 1. The van der Waals surface area contributed by atoms with Crippen LogP contribution in [0.5, 0.6) is 11.5 Å². The second-order valence-corrected chi connectivity index (χ2v) is 18.3. The first kappa shape index (κ1) is 43.8. The maximum Gasteiger partial charge on any atom is 0.260 e. The predicted octanol–water partition coefficient (Wildman–Crippen LogP) is 6.78. The Kier molecular flexibility index (Phi) is 16.6. The molecular weight excluding hydrogens is 825 g/mol. The van der Waals surface area contributed by atoms with E-state index in [1.54, 1.807) is 14.2 Å². The highest BCUT2D eigenvalue weighted by Crippen LogP contribution is 2.48. The first-order chi connectivity index (χ1) is 26.5. The number of nitrogens with zero attached hydrogens (tertiary/aromatic N) is 2. The second kappa shape index (κ2) is 20.9. The molecule has 0 spiro atoms. The lowest BCUT2D eigenvalue weighted by atomic mass is 9.80. The van der Waals surface area contributed by atoms with Gasteiger partial charge < -0.3 is 42.5 Å². The van der Waals surface area contributed by atoms with Crippen molar-refractivity contribution in [1.82, 2.24) is 14.7 Å². The number of ether oxygens (including phenoxy) is 5. The standard InChI is InChI=1S/C40H53BrN3O8PS2/c1-28(2)44(29(3)4)53(42-21-10-24-45)52-36-35(50-38(41)37(36)51-39(54)43-22-25-55(46)26-23-43)27-49-40(30-11-8-7-9-12-30,31-13-17-33(47-5)18-14-31)32-15-19-34(48-6)20-16-32/h7-9,11-20,24,28-29,35-38,42H,10,21-23,25-27H2,1-6H3/t35-,36?,37?,38-,53?/m1/s1. The van der Waals surface area contributed by atoms with Crippen molar-refractivity contribution in [2.75, 3.05) is 52.0 Å². The van der Waals surface area contributed by atoms with Crippen molar-refractivity contribution in [3.8, 4) is 11.5 Å². The first-order valence-electron chi connectivity index (χ1n) is 18.5. The van der Waals surface area contributed by atoms with E-state index < -0.39 is 48.6 Å². The Labute approximate surface area is 343 Å². The number of carbonyl (C=O) groups excluding carboxylic acids is 1. The topological polar surface area (TPSA) is 114 Å². The van der Waals surface area contributed by atoms with Crippen molar-refractivity contribution in [1.29, 1.82) is 0 Å². The van der Waals surface area contributed by atoms with Gasteiger partial charge in [-0.05, 0) is 80.9 Å². The molecule has 0 aliphatic carbocycles. The zero-order valence-electron chi connectivity index (χ0n) is 32.3. The molecule has 0 saturated carbocycles. The quantitative estimate of drug-likeness (QED) is 0.0277. The van der Waals surface area contributed by atoms with Crippen LogP contribution in [-0.2, 0) is 40.3 Å². The van der Waals surface area contributed by atoms with E-state index in [1.807, 2.05) is 71.6 Å². The van der Waals surface area contributed by atoms with Gasteiger partial charge in [-0.3, -0.25) is 5.09 Å². The van der Waals surface area contributed by atoms with Gasteiger partial charge in [-0.15, -0.1) is 0 Å². The zero-order chi connectivity index (χ0) is 39.5. The highest BCUT2D eigenvalue weighted by atomic mass is 79.9. The Hall–Kier alpha value is -2.36. The van der Waals surface area contributed by atoms with E-state index >= 15 is 0 Å². The number of methoxy groups -OCH3 is 2. The molecule has 5 rings (SSSR count). The van der Waals surface area contributed by atoms with Crippen LogP contribution >= 0.6 is 36.6 Å². The molecule has 11 nitrogen and oxygen atoms in total. The van der Waals surface area contributed by atoms with E-state index in [9.17, 15) is 9.35 Å². The van der Waals surface area contributed by atoms with Crippen molar-refractivity contribution >= 4 is 59.2 Å². The number of carbonyl (C=O) groups is 1. The number of benzene rings is 3. The van der Waals surface area contributed by atoms with Gasteiger partial charge in [0.05, 0.1) is 33.9 Å². The summed E-state index contributed by atoms with van der Waals surface area (Å²) in [4.78, 5) is 13.4. The highest BCUT2D eigenvalue weighted by Gasteiger charge is 2.51. The largest absolute Gasteiger partial charge is 0.616 e. The number of aldehydes is 1. The van der Waals surface area contributed by atoms with Crippen LogP contribution in [0.2, 0.25) is 0 Å². The molecular formula is C40H53BrN3O8PS2. The third-order valence-electron chi connectivity index (χ3n) is 9.56. The molecule has 2 fully saturated rings. The van der Waals surface area contributed by atoms with Gasteiger partial charge in [0.15, 0.2) is 19.6 Å². The van der Waals surface area contributed by atoms with E-state index in [0.29, 0.717) is 42.7 Å². The molecule has 15 heteroatoms. The normalized spacial score (nSPS) is 21.3. The first-order valence-corrected chi connectivity index (χ1v) is 22.6. The lowest BCUT2D eigenvalue weighted by Gasteiger charge is -2.40. The molecule has 2 saturated heterocycles. The third-order valence-corrected chi connectivity index (χ3v) is 14.2. The van der Waals surface area contributed by atoms with Crippen molar-refractivity contribution in [3.05, 3.63) is 95.6 Å². The molecule has 3 aromatic rings. The molecule has 0 aromatic heterocycles. The molecule has 2 heterocycles. The van der Waals surface area contributed by atoms with Crippen LogP contribution in [0, 0.1) is 0 Å². The highest BCUT2D eigenvalue weighted by molar-refractivity contribution is 9.09. The maximum atomic E-state index is 12.1. The Morgan fingerprint density at radius 3 is 2.02 bits per heavy atom. The molecule has 0 amide bonds. The van der Waals surface area contributed by atoms with Crippen molar-refractivity contribution in [3.63, 3.8) is 0 Å². The fraction of sp³-hybridized carbons (Fsp3) is 0.500. The minimum absolute atomic E-state index is 0.0932. The summed E-state index contributed by atoms with van der Waals surface area (Å²) in [5.74, 6) is 2.50. The molecule has 0 radical (unpaired) electrons. The summed E-state index contributed by atoms with van der Waals surface area (Å²) in [6.07, 6.45) is -0.733. The minimum Gasteiger partial charge on any atom is -0.616 e. The smallest absolute Gasteiger partial charge is 0.260 e. The molecule has 55 heavy (non-hydrogen) atoms. The predicted molar refractivity (Wildman–Crippen MR) is 225 cm³/mol. The van der Waals surface area contributed by atoms with E-state index in [4.69, 9.17) is 40.4 Å². The van der Waals surface area contributed by atoms with Crippen LogP contribution in [0.3, 0.4) is 0 Å². The van der Waals surface area contributed by atoms with Crippen LogP contribution in [0.25, 0.3) is 0 Å². The van der Waals surface area contributed by atoms with Crippen LogP contribution in [0.15, 0.2) is 78.9 Å². The Balaban J connectivity index is 1.56. The number of rotatable bonds is 18. The number of thiocarbonyl (C=S) groups is 1. The van der Waals surface area contributed by atoms with E-state index in [1.165, 1.54) is 0 Å². The summed E-state index contributed by atoms with van der Waals surface area (Å²) in [7, 11) is 1.83. The van der Waals surface area contributed by atoms with Crippen molar-refractivity contribution in [2.24, 2.45) is 0 Å². The summed E-state index contributed by atoms with van der Waals surface area (Å²) >= 11 is 8.75. The molecule has 2 aliphatic rings. The number of hydrogen-bond acceptors (Lipinski definition) is 11. The number of halogens is 1. The summed E-state index contributed by atoms with van der Waals surface area (Å²) < 4.78 is 53.2. The molecule has 5 atom stereocenters. The third kappa shape index (κ3) is 10.8. The Morgan fingerprint density at radius 2 is 1.51 bits per heavy atom. The lowest BCUT2D eigenvalue weighted by Crippen LogP contribution is -2.48. The SMILES string of the molecule is COc1ccc(C(OC[C@H]2O[C@@H](Br)C(OC(=S)N3CC[S+]([O-])CC3)C2OP(NCCC=O)N(C(C)C)C(C)C)(c2ccccc2)c2ccc(OC)cc2)cc1. The fourth-order valence-corrected chi connectivity index (χ4v) is 10.9. The molecule has 2 aliphatic heterocycles. The van der Waals surface area contributed by atoms with Gasteiger partial charge in [0, 0.05) is 25.0 Å². The summed E-state index contributed by atoms with van der Waals surface area (Å²) in [5, 5.41) is 3.23. The Bertz CT molecular complexity index is 1580. The fourth-order valence-electron chi connectivity index (χ4n) is 6.88. The summed E-state index contributed by atoms with van der Waals surface area (Å²) in [6, 6.07) is 26.1. The van der Waals surface area contributed by atoms with Gasteiger partial charge in [-0.2, -0.15) is 0 Å². The molecule has 3 aromatic carbocycles. The van der Waals surface area contributed by atoms with Crippen LogP contribution in [0.1, 0.15) is 50.8 Å². The van der Waals surface area contributed by atoms with Crippen molar-refractivity contribution < 1.29 is 37.6 Å². The average molecular weight is 879 g/mol. The number of nitrogens with one attached hydrogen (secondary N) is 1. The van der Waals surface area contributed by atoms with E-state index in [-0.39, 0.29) is 18.7 Å². The van der Waals surface area contributed by atoms with Crippen molar-refractivity contribution in [2.45, 2.75) is 75.1 Å². The van der Waals surface area contributed by atoms with Crippen LogP contribution in [0.4, 0.5) is 0 Å². The van der Waals surface area contributed by atoms with Crippen LogP contribution < -0.4 is 14.6 Å². The second-order valence-electron chi connectivity index (χ2n) is 13.8. The minimum atomic E-state index is -1.46. The van der Waals surface area contributed by atoms with Gasteiger partial charge in [0.25, 0.3) is 5.17 Å². The summed E-state index contributed by atoms with van der Waals surface area (Å²) in [5.41, 5.74) is 1.59. The van der Waals surface area contributed by atoms with Crippen LogP contribution in [-0.4, -0.2) is 113 Å². The molecule has 300 valence electrons. The maximum absolute atomic E-state index is 12.1. The molecule has 1 N–H and O–H groups in total. The average Bonchev–Trinajstić information content (AvgIpc) is 3.48. The Morgan fingerprint density at radius 1 is 0.964 bits per heavy atom. The molecule has 0 bridgehead atoms. The lowest BCUT2D eigenvalue weighted by molar-refractivity contribution is -0.107. The molecule has 3 unspecified atom stereocenters. The van der Waals surface area contributed by atoms with Gasteiger partial charge >= 0.3 is 0 Å². The van der Waals surface area contributed by atoms with Gasteiger partial charge in [0.2, 0.25) is 0 Å². The van der Waals surface area contributed by atoms with Gasteiger partial charge in [0.1, 0.15) is 47.1 Å². The zero-order valence-corrected chi connectivity index (χ0v) is 36.4. The van der Waals surface area contributed by atoms with Gasteiger partial charge in [-0.1, -0.05) is 81.7 Å². The van der Waals surface area contributed by atoms with E-state index in [2.05, 4.69) is 65.5 Å². The van der Waals surface area contributed by atoms with E-state index in [0.717, 1.165) is 34.5 Å². The van der Waals surface area contributed by atoms with Gasteiger partial charge in [-0.25, -0.2) is 4.67 Å². The monoisotopic (exact) mass is 877 g/mol. The number of hydrogen-bond donors (Lipinski definition) is 1. The summed E-state index contributed by atoms with van der Waals surface area (Å²) in [6.45, 7) is 10.1.